The lowest BCUT2D eigenvalue weighted by Crippen LogP contribution is -2.31. The minimum Gasteiger partial charge on any atom is -0.349 e. The Morgan fingerprint density at radius 2 is 1.83 bits per heavy atom. The summed E-state index contributed by atoms with van der Waals surface area (Å²) in [4.78, 5) is 25.7. The van der Waals surface area contributed by atoms with E-state index < -0.39 is 0 Å². The van der Waals surface area contributed by atoms with Crippen molar-refractivity contribution in [3.05, 3.63) is 29.8 Å². The molecular weight excluding hydrogens is 326 g/mol. The Morgan fingerprint density at radius 1 is 1.21 bits per heavy atom. The summed E-state index contributed by atoms with van der Waals surface area (Å²) in [6.07, 6.45) is 3.63. The van der Waals surface area contributed by atoms with E-state index in [4.69, 9.17) is 0 Å². The van der Waals surface area contributed by atoms with Gasteiger partial charge in [-0.3, -0.25) is 9.59 Å². The number of likely N-dealkylation sites (N-methyl/N-ethyl adjacent to an activating group) is 1. The van der Waals surface area contributed by atoms with Gasteiger partial charge in [0.1, 0.15) is 0 Å². The Kier molecular flexibility index (Phi) is 5.88. The van der Waals surface area contributed by atoms with Crippen LogP contribution in [0.5, 0.6) is 0 Å². The fraction of sp³-hybridized carbons (Fsp3) is 0.556. The molecule has 1 saturated carbocycles. The number of amides is 2. The van der Waals surface area contributed by atoms with Crippen molar-refractivity contribution in [3.8, 4) is 0 Å². The first kappa shape index (κ1) is 18.7. The van der Waals surface area contributed by atoms with E-state index in [9.17, 15) is 9.59 Å². The molecule has 6 heteroatoms. The van der Waals surface area contributed by atoms with Crippen molar-refractivity contribution in [2.45, 2.75) is 25.7 Å². The number of rotatable bonds is 4. The Labute approximate surface area is 149 Å². The number of hydrogen-bond acceptors (Lipinski definition) is 3. The van der Waals surface area contributed by atoms with Crippen LogP contribution in [-0.4, -0.2) is 43.9 Å². The molecular formula is C18H26ClN3O2. The SMILES string of the molecule is CN(C)C(=O)Cc1ccc(NC(=O)C2CC23CCNCC3)cc1.Cl. The quantitative estimate of drug-likeness (QED) is 0.873. The Hall–Kier alpha value is -1.59. The summed E-state index contributed by atoms with van der Waals surface area (Å²) in [7, 11) is 3.51. The molecule has 1 aromatic rings. The minimum atomic E-state index is 0. The topological polar surface area (TPSA) is 61.4 Å². The molecule has 0 aromatic heterocycles. The highest BCUT2D eigenvalue weighted by Gasteiger charge is 2.57. The highest BCUT2D eigenvalue weighted by molar-refractivity contribution is 5.95. The van der Waals surface area contributed by atoms with Crippen molar-refractivity contribution in [1.29, 1.82) is 0 Å². The van der Waals surface area contributed by atoms with Crippen LogP contribution in [0.25, 0.3) is 0 Å². The average Bonchev–Trinajstić information content (AvgIpc) is 3.23. The molecule has 1 unspecified atom stereocenters. The van der Waals surface area contributed by atoms with Crippen molar-refractivity contribution in [1.82, 2.24) is 10.2 Å². The summed E-state index contributed by atoms with van der Waals surface area (Å²) in [5, 5.41) is 6.38. The molecule has 1 spiro atoms. The fourth-order valence-electron chi connectivity index (χ4n) is 3.46. The third-order valence-corrected chi connectivity index (χ3v) is 5.18. The van der Waals surface area contributed by atoms with E-state index >= 15 is 0 Å². The van der Waals surface area contributed by atoms with Gasteiger partial charge in [0.25, 0.3) is 0 Å². The maximum absolute atomic E-state index is 12.4. The standard InChI is InChI=1S/C18H25N3O2.ClH/c1-21(2)16(22)11-13-3-5-14(6-4-13)20-17(23)15-12-18(15)7-9-19-10-8-18;/h3-6,15,19H,7-12H2,1-2H3,(H,20,23);1H. The van der Waals surface area contributed by atoms with E-state index in [-0.39, 0.29) is 35.6 Å². The van der Waals surface area contributed by atoms with Crippen LogP contribution in [-0.2, 0) is 16.0 Å². The van der Waals surface area contributed by atoms with Crippen LogP contribution in [0, 0.1) is 11.3 Å². The minimum absolute atomic E-state index is 0. The third-order valence-electron chi connectivity index (χ3n) is 5.18. The van der Waals surface area contributed by atoms with E-state index in [1.165, 1.54) is 0 Å². The number of nitrogens with zero attached hydrogens (tertiary/aromatic N) is 1. The smallest absolute Gasteiger partial charge is 0.228 e. The van der Waals surface area contributed by atoms with Crippen molar-refractivity contribution >= 4 is 29.9 Å². The maximum atomic E-state index is 12.4. The zero-order valence-electron chi connectivity index (χ0n) is 14.3. The van der Waals surface area contributed by atoms with Crippen LogP contribution in [0.1, 0.15) is 24.8 Å². The first-order chi connectivity index (χ1) is 11.0. The van der Waals surface area contributed by atoms with Crippen LogP contribution in [0.15, 0.2) is 24.3 Å². The van der Waals surface area contributed by atoms with E-state index in [0.717, 1.165) is 43.6 Å². The molecule has 1 aliphatic carbocycles. The molecule has 5 nitrogen and oxygen atoms in total. The van der Waals surface area contributed by atoms with Crippen LogP contribution >= 0.6 is 12.4 Å². The molecule has 2 aliphatic rings. The number of carbonyl (C=O) groups is 2. The summed E-state index contributed by atoms with van der Waals surface area (Å²) < 4.78 is 0. The number of carbonyl (C=O) groups excluding carboxylic acids is 2. The van der Waals surface area contributed by atoms with E-state index in [2.05, 4.69) is 10.6 Å². The van der Waals surface area contributed by atoms with Gasteiger partial charge in [0, 0.05) is 25.7 Å². The van der Waals surface area contributed by atoms with E-state index in [1.807, 2.05) is 24.3 Å². The molecule has 1 atom stereocenters. The van der Waals surface area contributed by atoms with Crippen LogP contribution in [0.2, 0.25) is 0 Å². The van der Waals surface area contributed by atoms with Gasteiger partial charge in [0.15, 0.2) is 0 Å². The second-order valence-electron chi connectivity index (χ2n) is 7.02. The van der Waals surface area contributed by atoms with Gasteiger partial charge in [0.05, 0.1) is 6.42 Å². The van der Waals surface area contributed by atoms with Gasteiger partial charge in [0.2, 0.25) is 11.8 Å². The summed E-state index contributed by atoms with van der Waals surface area (Å²) >= 11 is 0. The van der Waals surface area contributed by atoms with Crippen LogP contribution in [0.3, 0.4) is 0 Å². The Morgan fingerprint density at radius 3 is 2.42 bits per heavy atom. The van der Waals surface area contributed by atoms with Crippen molar-refractivity contribution in [2.24, 2.45) is 11.3 Å². The summed E-state index contributed by atoms with van der Waals surface area (Å²) in [6, 6.07) is 7.58. The summed E-state index contributed by atoms with van der Waals surface area (Å²) in [5.74, 6) is 0.385. The van der Waals surface area contributed by atoms with Crippen LogP contribution in [0.4, 0.5) is 5.69 Å². The second-order valence-corrected chi connectivity index (χ2v) is 7.02. The maximum Gasteiger partial charge on any atom is 0.228 e. The molecule has 24 heavy (non-hydrogen) atoms. The highest BCUT2D eigenvalue weighted by atomic mass is 35.5. The lowest BCUT2D eigenvalue weighted by Gasteiger charge is -2.23. The van der Waals surface area contributed by atoms with Gasteiger partial charge in [-0.15, -0.1) is 12.4 Å². The zero-order valence-corrected chi connectivity index (χ0v) is 15.1. The molecule has 132 valence electrons. The number of piperidine rings is 1. The number of anilines is 1. The number of nitrogens with one attached hydrogen (secondary N) is 2. The molecule has 1 aromatic carbocycles. The molecule has 2 fully saturated rings. The van der Waals surface area contributed by atoms with Gasteiger partial charge >= 0.3 is 0 Å². The van der Waals surface area contributed by atoms with Gasteiger partial charge in [-0.05, 0) is 55.5 Å². The molecule has 3 rings (SSSR count). The van der Waals surface area contributed by atoms with Crippen molar-refractivity contribution in [3.63, 3.8) is 0 Å². The van der Waals surface area contributed by atoms with Gasteiger partial charge < -0.3 is 15.5 Å². The third kappa shape index (κ3) is 4.08. The molecule has 1 aliphatic heterocycles. The largest absolute Gasteiger partial charge is 0.349 e. The number of benzene rings is 1. The highest BCUT2D eigenvalue weighted by Crippen LogP contribution is 2.58. The van der Waals surface area contributed by atoms with E-state index in [0.29, 0.717) is 6.42 Å². The Balaban J connectivity index is 0.00000208. The lowest BCUT2D eigenvalue weighted by atomic mass is 9.92. The summed E-state index contributed by atoms with van der Waals surface area (Å²) in [6.45, 7) is 2.05. The Bertz CT molecular complexity index is 595. The normalized spacial score (nSPS) is 20.8. The molecule has 0 radical (unpaired) electrons. The molecule has 1 saturated heterocycles. The van der Waals surface area contributed by atoms with Crippen molar-refractivity contribution < 1.29 is 9.59 Å². The lowest BCUT2D eigenvalue weighted by molar-refractivity contribution is -0.128. The summed E-state index contributed by atoms with van der Waals surface area (Å²) in [5.41, 5.74) is 2.03. The van der Waals surface area contributed by atoms with Gasteiger partial charge in [-0.2, -0.15) is 0 Å². The first-order valence-electron chi connectivity index (χ1n) is 8.31. The van der Waals surface area contributed by atoms with E-state index in [1.54, 1.807) is 19.0 Å². The molecule has 1 heterocycles. The average molecular weight is 352 g/mol. The number of hydrogen-bond donors (Lipinski definition) is 2. The monoisotopic (exact) mass is 351 g/mol. The fourth-order valence-corrected chi connectivity index (χ4v) is 3.46. The zero-order chi connectivity index (χ0) is 16.4. The van der Waals surface area contributed by atoms with Gasteiger partial charge in [-0.1, -0.05) is 12.1 Å². The first-order valence-corrected chi connectivity index (χ1v) is 8.31. The molecule has 2 N–H and O–H groups in total. The number of halogens is 1. The predicted octanol–water partition coefficient (Wildman–Crippen LogP) is 2.07. The van der Waals surface area contributed by atoms with Crippen molar-refractivity contribution in [2.75, 3.05) is 32.5 Å². The van der Waals surface area contributed by atoms with Gasteiger partial charge in [-0.25, -0.2) is 0 Å². The predicted molar refractivity (Wildman–Crippen MR) is 97.4 cm³/mol. The molecule has 0 bridgehead atoms. The second kappa shape index (κ2) is 7.53. The molecule has 2 amide bonds. The van der Waals surface area contributed by atoms with Crippen LogP contribution < -0.4 is 10.6 Å².